The maximum Gasteiger partial charge on any atom is 0.139 e. The molecule has 8 unspecified atom stereocenters. The SMILES string of the molecule is C[C@]12CCC(=O)CCC1CC[C@@H]1C2CC[C@]2(C)C(=O)CC(C3CC(=O)CC4CC[C@@H]5C(CC[C@]6(C)C(=O)CCCC56)[C@@]4(C)C3)CC12. The number of hydrogen-bond acceptors (Lipinski definition) is 4. The van der Waals surface area contributed by atoms with Crippen molar-refractivity contribution >= 4 is 23.1 Å². The van der Waals surface area contributed by atoms with Crippen LogP contribution >= 0.6 is 0 Å². The maximum absolute atomic E-state index is 14.4. The molecule has 8 saturated carbocycles. The van der Waals surface area contributed by atoms with Crippen LogP contribution in [0.3, 0.4) is 0 Å². The van der Waals surface area contributed by atoms with Gasteiger partial charge in [0.15, 0.2) is 0 Å². The summed E-state index contributed by atoms with van der Waals surface area (Å²) in [6, 6.07) is 0. The van der Waals surface area contributed by atoms with Crippen molar-refractivity contribution in [3.8, 4) is 0 Å². The van der Waals surface area contributed by atoms with Gasteiger partial charge in [-0.1, -0.05) is 27.7 Å². The summed E-state index contributed by atoms with van der Waals surface area (Å²) >= 11 is 0. The molecule has 0 heterocycles. The second-order valence-electron chi connectivity index (χ2n) is 19.7. The highest BCUT2D eigenvalue weighted by atomic mass is 16.1. The average molecular weight is 631 g/mol. The first-order chi connectivity index (χ1) is 21.9. The van der Waals surface area contributed by atoms with Crippen molar-refractivity contribution in [3.05, 3.63) is 0 Å². The molecular formula is C42H62O4. The fourth-order valence-corrected chi connectivity index (χ4v) is 15.4. The highest BCUT2D eigenvalue weighted by Gasteiger charge is 2.62. The van der Waals surface area contributed by atoms with E-state index in [1.165, 1.54) is 25.7 Å². The van der Waals surface area contributed by atoms with Crippen LogP contribution in [0.2, 0.25) is 0 Å². The van der Waals surface area contributed by atoms with Gasteiger partial charge in [0.25, 0.3) is 0 Å². The van der Waals surface area contributed by atoms with E-state index in [9.17, 15) is 19.2 Å². The summed E-state index contributed by atoms with van der Waals surface area (Å²) < 4.78 is 0. The monoisotopic (exact) mass is 630 g/mol. The molecule has 4 nitrogen and oxygen atoms in total. The highest BCUT2D eigenvalue weighted by molar-refractivity contribution is 5.87. The summed E-state index contributed by atoms with van der Waals surface area (Å²) in [4.78, 5) is 53.9. The summed E-state index contributed by atoms with van der Waals surface area (Å²) in [6.07, 6.45) is 20.2. The van der Waals surface area contributed by atoms with Crippen molar-refractivity contribution < 1.29 is 19.2 Å². The maximum atomic E-state index is 14.4. The first-order valence-corrected chi connectivity index (χ1v) is 20.0. The largest absolute Gasteiger partial charge is 0.300 e. The molecule has 8 rings (SSSR count). The molecule has 0 aromatic rings. The zero-order valence-corrected chi connectivity index (χ0v) is 29.5. The lowest BCUT2D eigenvalue weighted by Crippen LogP contribution is -2.57. The Balaban J connectivity index is 1.07. The number of Topliss-reactive ketones (excluding diaryl/α,β-unsaturated/α-hetero) is 4. The second kappa shape index (κ2) is 11.1. The Bertz CT molecular complexity index is 1300. The molecule has 46 heavy (non-hydrogen) atoms. The Hall–Kier alpha value is -1.32. The smallest absolute Gasteiger partial charge is 0.139 e. The molecule has 0 spiro atoms. The fourth-order valence-electron chi connectivity index (χ4n) is 15.4. The van der Waals surface area contributed by atoms with E-state index >= 15 is 0 Å². The lowest BCUT2D eigenvalue weighted by atomic mass is 9.42. The predicted octanol–water partition coefficient (Wildman–Crippen LogP) is 9.36. The highest BCUT2D eigenvalue weighted by Crippen LogP contribution is 2.68. The first kappa shape index (κ1) is 31.9. The van der Waals surface area contributed by atoms with Crippen LogP contribution in [0.4, 0.5) is 0 Å². The van der Waals surface area contributed by atoms with Gasteiger partial charge in [-0.3, -0.25) is 19.2 Å². The van der Waals surface area contributed by atoms with Gasteiger partial charge in [-0.25, -0.2) is 0 Å². The van der Waals surface area contributed by atoms with Crippen LogP contribution in [0.25, 0.3) is 0 Å². The Morgan fingerprint density at radius 1 is 0.500 bits per heavy atom. The van der Waals surface area contributed by atoms with Crippen LogP contribution in [0.15, 0.2) is 0 Å². The van der Waals surface area contributed by atoms with Gasteiger partial charge in [0, 0.05) is 49.4 Å². The van der Waals surface area contributed by atoms with E-state index in [0.29, 0.717) is 95.2 Å². The Labute approximate surface area is 278 Å². The number of carbonyl (C=O) groups excluding carboxylic acids is 4. The van der Waals surface area contributed by atoms with Crippen LogP contribution < -0.4 is 0 Å². The van der Waals surface area contributed by atoms with Gasteiger partial charge in [0.1, 0.15) is 23.1 Å². The third kappa shape index (κ3) is 4.62. The van der Waals surface area contributed by atoms with Gasteiger partial charge >= 0.3 is 0 Å². The zero-order valence-electron chi connectivity index (χ0n) is 29.5. The summed E-state index contributed by atoms with van der Waals surface area (Å²) in [7, 11) is 0. The molecule has 0 N–H and O–H groups in total. The molecule has 4 heteroatoms. The van der Waals surface area contributed by atoms with E-state index in [1.54, 1.807) is 0 Å². The molecule has 14 atom stereocenters. The predicted molar refractivity (Wildman–Crippen MR) is 180 cm³/mol. The summed E-state index contributed by atoms with van der Waals surface area (Å²) in [6.45, 7) is 9.71. The van der Waals surface area contributed by atoms with E-state index in [4.69, 9.17) is 0 Å². The van der Waals surface area contributed by atoms with Crippen LogP contribution in [0.1, 0.15) is 156 Å². The summed E-state index contributed by atoms with van der Waals surface area (Å²) in [5, 5.41) is 0. The number of fused-ring (bicyclic) bond motifs is 10. The van der Waals surface area contributed by atoms with Crippen molar-refractivity contribution in [1.82, 2.24) is 0 Å². The van der Waals surface area contributed by atoms with E-state index in [2.05, 4.69) is 27.7 Å². The van der Waals surface area contributed by atoms with Gasteiger partial charge in [-0.05, 0) is 160 Å². The van der Waals surface area contributed by atoms with E-state index in [0.717, 1.165) is 89.9 Å². The Morgan fingerprint density at radius 2 is 1.17 bits per heavy atom. The quantitative estimate of drug-likeness (QED) is 0.290. The number of carbonyl (C=O) groups is 4. The van der Waals surface area contributed by atoms with Gasteiger partial charge in [0.05, 0.1) is 0 Å². The normalized spacial score (nSPS) is 54.2. The van der Waals surface area contributed by atoms with Crippen LogP contribution in [0.5, 0.6) is 0 Å². The average Bonchev–Trinajstić information content (AvgIpc) is 3.26. The number of hydrogen-bond donors (Lipinski definition) is 0. The standard InChI is InChI=1S/C42H62O4/c1-39-17-14-29(43)11-8-27(39)9-12-32-34(39)15-19-41(3)36(32)21-25(22-38(41)46)26-20-30(44)23-28-10-13-31-33-6-5-7-37(45)40(33,2)18-16-35(31)42(28,4)24-26/h25-28,31-36H,5-24H2,1-4H3/t25?,26?,27?,28?,31-,32+,33?,34?,35?,36?,39-,40-,41-,42-/m0/s1. The van der Waals surface area contributed by atoms with Crippen LogP contribution in [0, 0.1) is 80.8 Å². The molecule has 0 bridgehead atoms. The molecule has 0 amide bonds. The molecule has 254 valence electrons. The zero-order chi connectivity index (χ0) is 32.2. The molecule has 8 aliphatic carbocycles. The summed E-state index contributed by atoms with van der Waals surface area (Å²) in [5.41, 5.74) is 0.0395. The van der Waals surface area contributed by atoms with Gasteiger partial charge in [-0.2, -0.15) is 0 Å². The van der Waals surface area contributed by atoms with Gasteiger partial charge in [-0.15, -0.1) is 0 Å². The number of ketones is 4. The third-order valence-corrected chi connectivity index (χ3v) is 18.2. The van der Waals surface area contributed by atoms with Crippen LogP contribution in [-0.4, -0.2) is 23.1 Å². The molecular weight excluding hydrogens is 568 g/mol. The van der Waals surface area contributed by atoms with Gasteiger partial charge < -0.3 is 0 Å². The van der Waals surface area contributed by atoms with Crippen LogP contribution in [-0.2, 0) is 19.2 Å². The molecule has 0 saturated heterocycles. The molecule has 0 aromatic carbocycles. The lowest BCUT2D eigenvalue weighted by Gasteiger charge is -2.62. The second-order valence-corrected chi connectivity index (χ2v) is 19.7. The fraction of sp³-hybridized carbons (Fsp3) is 0.905. The van der Waals surface area contributed by atoms with E-state index < -0.39 is 0 Å². The van der Waals surface area contributed by atoms with Crippen molar-refractivity contribution in [1.29, 1.82) is 0 Å². The molecule has 8 fully saturated rings. The number of rotatable bonds is 1. The van der Waals surface area contributed by atoms with E-state index in [1.807, 2.05) is 0 Å². The topological polar surface area (TPSA) is 68.3 Å². The Morgan fingerprint density at radius 3 is 1.93 bits per heavy atom. The molecule has 8 aliphatic rings. The summed E-state index contributed by atoms with van der Waals surface area (Å²) in [5.74, 6) is 7.13. The van der Waals surface area contributed by atoms with Crippen molar-refractivity contribution in [2.45, 2.75) is 156 Å². The molecule has 0 aliphatic heterocycles. The Kier molecular flexibility index (Phi) is 7.70. The van der Waals surface area contributed by atoms with Crippen molar-refractivity contribution in [2.24, 2.45) is 80.8 Å². The minimum Gasteiger partial charge on any atom is -0.300 e. The minimum atomic E-state index is -0.208. The van der Waals surface area contributed by atoms with Crippen molar-refractivity contribution in [3.63, 3.8) is 0 Å². The molecule has 0 aromatic heterocycles. The third-order valence-electron chi connectivity index (χ3n) is 18.2. The molecule has 0 radical (unpaired) electrons. The first-order valence-electron chi connectivity index (χ1n) is 20.0. The van der Waals surface area contributed by atoms with Gasteiger partial charge in [0.2, 0.25) is 0 Å². The van der Waals surface area contributed by atoms with E-state index in [-0.39, 0.29) is 21.7 Å². The van der Waals surface area contributed by atoms with Crippen molar-refractivity contribution in [2.75, 3.05) is 0 Å². The minimum absolute atomic E-state index is 0.124. The lowest BCUT2D eigenvalue weighted by molar-refractivity contribution is -0.160.